The van der Waals surface area contributed by atoms with Gasteiger partial charge in [-0.3, -0.25) is 11.3 Å². The molecule has 3 N–H and O–H groups in total. The summed E-state index contributed by atoms with van der Waals surface area (Å²) >= 11 is 8.15. The van der Waals surface area contributed by atoms with Crippen LogP contribution in [0.2, 0.25) is 5.02 Å². The van der Waals surface area contributed by atoms with Crippen LogP contribution in [0.25, 0.3) is 0 Å². The summed E-state index contributed by atoms with van der Waals surface area (Å²) in [7, 11) is 0. The maximum atomic E-state index is 6.28. The van der Waals surface area contributed by atoms with Crippen LogP contribution in [0.3, 0.4) is 0 Å². The lowest BCUT2D eigenvalue weighted by Gasteiger charge is -2.30. The van der Waals surface area contributed by atoms with Crippen molar-refractivity contribution in [2.45, 2.75) is 37.6 Å². The Morgan fingerprint density at radius 3 is 3.00 bits per heavy atom. The van der Waals surface area contributed by atoms with Crippen molar-refractivity contribution in [3.05, 3.63) is 56.7 Å². The fraction of sp³-hybridized carbons (Fsp3) is 0.375. The number of halogens is 1. The van der Waals surface area contributed by atoms with Gasteiger partial charge in [0.15, 0.2) is 0 Å². The number of nitrogens with one attached hydrogen (secondary N) is 1. The molecule has 0 fully saturated rings. The Balaban J connectivity index is 1.83. The molecule has 1 aromatic heterocycles. The van der Waals surface area contributed by atoms with Crippen molar-refractivity contribution in [3.63, 3.8) is 0 Å². The van der Waals surface area contributed by atoms with Crippen LogP contribution in [-0.2, 0) is 12.8 Å². The standard InChI is InChI=1S/C16H19ClN2S/c17-14-6-2-1-4-11(14)10-15(19-18)12-5-3-7-16-13(12)8-9-20-16/h1-2,4,6,8-9,12,15,19H,3,5,7,10,18H2. The molecule has 0 bridgehead atoms. The molecule has 1 aromatic carbocycles. The van der Waals surface area contributed by atoms with Gasteiger partial charge in [0.25, 0.3) is 0 Å². The van der Waals surface area contributed by atoms with Gasteiger partial charge in [0, 0.05) is 21.9 Å². The Morgan fingerprint density at radius 2 is 2.20 bits per heavy atom. The van der Waals surface area contributed by atoms with Gasteiger partial charge in [-0.2, -0.15) is 0 Å². The predicted molar refractivity (Wildman–Crippen MR) is 86.3 cm³/mol. The first-order valence-corrected chi connectivity index (χ1v) is 8.31. The molecular weight excluding hydrogens is 288 g/mol. The van der Waals surface area contributed by atoms with Crippen molar-refractivity contribution in [2.75, 3.05) is 0 Å². The van der Waals surface area contributed by atoms with Crippen LogP contribution in [0.15, 0.2) is 35.7 Å². The molecule has 2 unspecified atom stereocenters. The van der Waals surface area contributed by atoms with E-state index in [0.717, 1.165) is 11.4 Å². The van der Waals surface area contributed by atoms with Crippen LogP contribution in [0.1, 0.15) is 34.8 Å². The summed E-state index contributed by atoms with van der Waals surface area (Å²) in [6.07, 6.45) is 4.53. The van der Waals surface area contributed by atoms with E-state index in [9.17, 15) is 0 Å². The number of fused-ring (bicyclic) bond motifs is 1. The summed E-state index contributed by atoms with van der Waals surface area (Å²) in [5.41, 5.74) is 5.67. The number of aryl methyl sites for hydroxylation is 1. The maximum Gasteiger partial charge on any atom is 0.0438 e. The van der Waals surface area contributed by atoms with Gasteiger partial charge in [-0.05, 0) is 54.3 Å². The molecule has 1 heterocycles. The van der Waals surface area contributed by atoms with Gasteiger partial charge < -0.3 is 0 Å². The first-order valence-electron chi connectivity index (χ1n) is 7.05. The summed E-state index contributed by atoms with van der Waals surface area (Å²) in [5, 5.41) is 3.03. The minimum atomic E-state index is 0.239. The second kappa shape index (κ2) is 6.27. The molecule has 0 amide bonds. The SMILES string of the molecule is NNC(Cc1ccccc1Cl)C1CCCc2sccc21. The number of hydrazine groups is 1. The van der Waals surface area contributed by atoms with E-state index in [-0.39, 0.29) is 6.04 Å². The zero-order valence-electron chi connectivity index (χ0n) is 11.3. The molecule has 0 radical (unpaired) electrons. The fourth-order valence-corrected chi connectivity index (χ4v) is 4.37. The van der Waals surface area contributed by atoms with Crippen LogP contribution in [0.5, 0.6) is 0 Å². The molecule has 106 valence electrons. The molecule has 2 aromatic rings. The van der Waals surface area contributed by atoms with Crippen LogP contribution in [0, 0.1) is 0 Å². The molecule has 3 rings (SSSR count). The van der Waals surface area contributed by atoms with E-state index in [1.807, 2.05) is 29.5 Å². The predicted octanol–water partition coefficient (Wildman–Crippen LogP) is 3.90. The normalized spacial score (nSPS) is 19.6. The molecule has 0 spiro atoms. The Hall–Kier alpha value is -0.870. The number of rotatable bonds is 4. The highest BCUT2D eigenvalue weighted by molar-refractivity contribution is 7.10. The van der Waals surface area contributed by atoms with Gasteiger partial charge in [-0.1, -0.05) is 29.8 Å². The average Bonchev–Trinajstić information content (AvgIpc) is 2.95. The van der Waals surface area contributed by atoms with Crippen molar-refractivity contribution in [2.24, 2.45) is 5.84 Å². The van der Waals surface area contributed by atoms with Gasteiger partial charge in [0.05, 0.1) is 0 Å². The summed E-state index contributed by atoms with van der Waals surface area (Å²) in [6, 6.07) is 10.5. The summed E-state index contributed by atoms with van der Waals surface area (Å²) in [6.45, 7) is 0. The number of hydrogen-bond donors (Lipinski definition) is 2. The maximum absolute atomic E-state index is 6.28. The third-order valence-corrected chi connectivity index (χ3v) is 5.56. The molecule has 0 saturated carbocycles. The van der Waals surface area contributed by atoms with Crippen molar-refractivity contribution in [1.82, 2.24) is 5.43 Å². The molecular formula is C16H19ClN2S. The Morgan fingerprint density at radius 1 is 1.35 bits per heavy atom. The van der Waals surface area contributed by atoms with Crippen LogP contribution in [0.4, 0.5) is 0 Å². The van der Waals surface area contributed by atoms with Gasteiger partial charge in [-0.25, -0.2) is 0 Å². The highest BCUT2D eigenvalue weighted by atomic mass is 35.5. The average molecular weight is 307 g/mol. The highest BCUT2D eigenvalue weighted by Gasteiger charge is 2.28. The quantitative estimate of drug-likeness (QED) is 0.664. The Bertz CT molecular complexity index is 581. The zero-order chi connectivity index (χ0) is 13.9. The number of thiophene rings is 1. The molecule has 2 nitrogen and oxygen atoms in total. The fourth-order valence-electron chi connectivity index (χ4n) is 3.16. The van der Waals surface area contributed by atoms with Gasteiger partial charge in [-0.15, -0.1) is 11.3 Å². The largest absolute Gasteiger partial charge is 0.271 e. The number of nitrogens with two attached hydrogens (primary N) is 1. The summed E-state index contributed by atoms with van der Waals surface area (Å²) in [5.74, 6) is 6.33. The monoisotopic (exact) mass is 306 g/mol. The Labute approximate surface area is 128 Å². The van der Waals surface area contributed by atoms with E-state index in [2.05, 4.69) is 22.9 Å². The molecule has 1 aliphatic carbocycles. The van der Waals surface area contributed by atoms with Crippen LogP contribution >= 0.6 is 22.9 Å². The molecule has 20 heavy (non-hydrogen) atoms. The van der Waals surface area contributed by atoms with Crippen molar-refractivity contribution in [3.8, 4) is 0 Å². The second-order valence-electron chi connectivity index (χ2n) is 5.37. The van der Waals surface area contributed by atoms with E-state index in [0.29, 0.717) is 5.92 Å². The first-order chi connectivity index (χ1) is 9.79. The minimum Gasteiger partial charge on any atom is -0.271 e. The van der Waals surface area contributed by atoms with Crippen molar-refractivity contribution in [1.29, 1.82) is 0 Å². The molecule has 0 aliphatic heterocycles. The van der Waals surface area contributed by atoms with Crippen molar-refractivity contribution < 1.29 is 0 Å². The van der Waals surface area contributed by atoms with Crippen LogP contribution in [-0.4, -0.2) is 6.04 Å². The zero-order valence-corrected chi connectivity index (χ0v) is 12.9. The van der Waals surface area contributed by atoms with Crippen molar-refractivity contribution >= 4 is 22.9 Å². The first kappa shape index (κ1) is 14.1. The number of hydrogen-bond acceptors (Lipinski definition) is 3. The molecule has 4 heteroatoms. The van der Waals surface area contributed by atoms with Gasteiger partial charge in [0.1, 0.15) is 0 Å². The van der Waals surface area contributed by atoms with E-state index in [1.54, 1.807) is 0 Å². The van der Waals surface area contributed by atoms with E-state index in [1.165, 1.54) is 35.3 Å². The topological polar surface area (TPSA) is 38.0 Å². The molecule has 1 aliphatic rings. The van der Waals surface area contributed by atoms with E-state index in [4.69, 9.17) is 17.4 Å². The van der Waals surface area contributed by atoms with Crippen LogP contribution < -0.4 is 11.3 Å². The summed E-state index contributed by atoms with van der Waals surface area (Å²) < 4.78 is 0. The minimum absolute atomic E-state index is 0.239. The third kappa shape index (κ3) is 2.77. The smallest absolute Gasteiger partial charge is 0.0438 e. The highest BCUT2D eigenvalue weighted by Crippen LogP contribution is 2.38. The van der Waals surface area contributed by atoms with E-state index < -0.39 is 0 Å². The molecule has 0 saturated heterocycles. The van der Waals surface area contributed by atoms with E-state index >= 15 is 0 Å². The van der Waals surface area contributed by atoms with Gasteiger partial charge in [0.2, 0.25) is 0 Å². The lowest BCUT2D eigenvalue weighted by atomic mass is 9.80. The summed E-state index contributed by atoms with van der Waals surface area (Å²) in [4.78, 5) is 1.53. The third-order valence-electron chi connectivity index (χ3n) is 4.20. The molecule has 2 atom stereocenters. The second-order valence-corrected chi connectivity index (χ2v) is 6.77. The van der Waals surface area contributed by atoms with Gasteiger partial charge >= 0.3 is 0 Å². The lowest BCUT2D eigenvalue weighted by molar-refractivity contribution is 0.397. The Kier molecular flexibility index (Phi) is 4.41. The lowest BCUT2D eigenvalue weighted by Crippen LogP contribution is -2.42. The number of benzene rings is 1.